The highest BCUT2D eigenvalue weighted by molar-refractivity contribution is 5.70. The third kappa shape index (κ3) is 7.43. The van der Waals surface area contributed by atoms with Crippen LogP contribution in [-0.4, -0.2) is 49.6 Å². The van der Waals surface area contributed by atoms with Crippen LogP contribution in [0.25, 0.3) is 0 Å². The molecule has 3 fully saturated rings. The number of hydrogen-bond donors (Lipinski definition) is 1. The van der Waals surface area contributed by atoms with Crippen LogP contribution in [-0.2, 0) is 24.4 Å². The number of nitrogens with one attached hydrogen (secondary N) is 1. The van der Waals surface area contributed by atoms with E-state index < -0.39 is 11.7 Å². The molecule has 2 bridgehead atoms. The molecule has 0 spiro atoms. The van der Waals surface area contributed by atoms with Crippen molar-refractivity contribution in [1.82, 2.24) is 5.32 Å². The van der Waals surface area contributed by atoms with E-state index in [4.69, 9.17) is 18.9 Å². The fourth-order valence-corrected chi connectivity index (χ4v) is 4.92. The first-order valence-electron chi connectivity index (χ1n) is 12.4. The lowest BCUT2D eigenvalue weighted by atomic mass is 9.56. The van der Waals surface area contributed by atoms with E-state index in [-0.39, 0.29) is 36.7 Å². The van der Waals surface area contributed by atoms with Gasteiger partial charge in [0.2, 0.25) is 0 Å². The van der Waals surface area contributed by atoms with E-state index in [1.165, 1.54) is 5.56 Å². The van der Waals surface area contributed by atoms with Crippen molar-refractivity contribution in [2.45, 2.75) is 82.8 Å². The quantitative estimate of drug-likeness (QED) is 0.443. The molecule has 0 heterocycles. The van der Waals surface area contributed by atoms with Gasteiger partial charge in [-0.15, -0.1) is 0 Å². The molecule has 0 aliphatic heterocycles. The molecule has 3 aliphatic carbocycles. The van der Waals surface area contributed by atoms with E-state index in [1.807, 2.05) is 12.1 Å². The molecule has 0 atom stereocenters. The number of hydrogen-bond acceptors (Lipinski definition) is 6. The highest BCUT2D eigenvalue weighted by atomic mass is 19.1. The Morgan fingerprint density at radius 2 is 1.66 bits per heavy atom. The Labute approximate surface area is 207 Å². The van der Waals surface area contributed by atoms with Crippen molar-refractivity contribution in [2.75, 3.05) is 26.4 Å². The van der Waals surface area contributed by atoms with Gasteiger partial charge in [0.05, 0.1) is 18.5 Å². The molecule has 35 heavy (non-hydrogen) atoms. The Morgan fingerprint density at radius 3 is 2.20 bits per heavy atom. The summed E-state index contributed by atoms with van der Waals surface area (Å²) in [4.78, 5) is 23.5. The molecule has 1 amide bonds. The summed E-state index contributed by atoms with van der Waals surface area (Å²) in [7, 11) is 0. The summed E-state index contributed by atoms with van der Waals surface area (Å²) in [5, 5.41) is 2.53. The fraction of sp³-hybridized carbons (Fsp3) is 0.630. The SMILES string of the molecule is CCOC(=O)COC12CCC(c3ccc(OC/C(=C/F)CNC(=O)OC(C)(C)C)cc3)(CC1)CC2. The Balaban J connectivity index is 1.48. The summed E-state index contributed by atoms with van der Waals surface area (Å²) in [5.41, 5.74) is 0.873. The average Bonchev–Trinajstić information content (AvgIpc) is 2.83. The van der Waals surface area contributed by atoms with Crippen molar-refractivity contribution < 1.29 is 32.9 Å². The maximum Gasteiger partial charge on any atom is 0.407 e. The molecule has 3 saturated carbocycles. The predicted molar refractivity (Wildman–Crippen MR) is 130 cm³/mol. The Bertz CT molecular complexity index is 881. The molecular weight excluding hydrogens is 453 g/mol. The first-order chi connectivity index (χ1) is 16.6. The van der Waals surface area contributed by atoms with E-state index >= 15 is 0 Å². The third-order valence-electron chi connectivity index (χ3n) is 6.88. The van der Waals surface area contributed by atoms with Crippen molar-refractivity contribution in [2.24, 2.45) is 0 Å². The van der Waals surface area contributed by atoms with Crippen molar-refractivity contribution in [3.63, 3.8) is 0 Å². The molecular formula is C27H38FNO6. The smallest absolute Gasteiger partial charge is 0.407 e. The van der Waals surface area contributed by atoms with Gasteiger partial charge in [-0.05, 0) is 89.3 Å². The number of fused-ring (bicyclic) bond motifs is 3. The standard InChI is InChI=1S/C27H38FNO6/c1-5-32-23(30)19-34-27-13-10-26(11-14-27,12-15-27)21-6-8-22(9-7-21)33-18-20(16-28)17-29-24(31)35-25(2,3)4/h6-9,16H,5,10-15,17-19H2,1-4H3,(H,29,31)/b20-16+. The Hall–Kier alpha value is -2.61. The molecule has 7 nitrogen and oxygen atoms in total. The van der Waals surface area contributed by atoms with Crippen LogP contribution in [0.2, 0.25) is 0 Å². The van der Waals surface area contributed by atoms with Crippen molar-refractivity contribution in [3.05, 3.63) is 41.7 Å². The maximum atomic E-state index is 13.3. The monoisotopic (exact) mass is 491 g/mol. The summed E-state index contributed by atoms with van der Waals surface area (Å²) >= 11 is 0. The van der Waals surface area contributed by atoms with Gasteiger partial charge in [-0.1, -0.05) is 12.1 Å². The van der Waals surface area contributed by atoms with Crippen LogP contribution in [0, 0.1) is 0 Å². The van der Waals surface area contributed by atoms with E-state index in [9.17, 15) is 14.0 Å². The minimum atomic E-state index is -0.616. The lowest BCUT2D eigenvalue weighted by Crippen LogP contribution is -2.50. The molecule has 0 saturated heterocycles. The lowest BCUT2D eigenvalue weighted by Gasteiger charge is -2.53. The minimum absolute atomic E-state index is 0.00654. The average molecular weight is 492 g/mol. The summed E-state index contributed by atoms with van der Waals surface area (Å²) in [6, 6.07) is 8.00. The summed E-state index contributed by atoms with van der Waals surface area (Å²) in [6.07, 6.45) is 5.68. The van der Waals surface area contributed by atoms with Crippen LogP contribution in [0.4, 0.5) is 9.18 Å². The van der Waals surface area contributed by atoms with E-state index in [0.29, 0.717) is 24.3 Å². The second kappa shape index (κ2) is 11.4. The molecule has 3 aliphatic rings. The first-order valence-corrected chi connectivity index (χ1v) is 12.4. The van der Waals surface area contributed by atoms with Crippen molar-refractivity contribution >= 4 is 12.1 Å². The van der Waals surface area contributed by atoms with E-state index in [2.05, 4.69) is 17.4 Å². The Morgan fingerprint density at radius 1 is 1.03 bits per heavy atom. The second-order valence-corrected chi connectivity index (χ2v) is 10.5. The van der Waals surface area contributed by atoms with Crippen molar-refractivity contribution in [1.29, 1.82) is 0 Å². The number of esters is 1. The summed E-state index contributed by atoms with van der Waals surface area (Å²) in [5.74, 6) is 0.340. The minimum Gasteiger partial charge on any atom is -0.489 e. The number of rotatable bonds is 10. The highest BCUT2D eigenvalue weighted by Crippen LogP contribution is 2.55. The van der Waals surface area contributed by atoms with Crippen LogP contribution in [0.15, 0.2) is 36.2 Å². The molecule has 4 rings (SSSR count). The summed E-state index contributed by atoms with van der Waals surface area (Å²) in [6.45, 7) is 7.51. The zero-order valence-corrected chi connectivity index (χ0v) is 21.3. The van der Waals surface area contributed by atoms with Gasteiger partial charge in [-0.2, -0.15) is 0 Å². The molecule has 1 aromatic rings. The molecule has 194 valence electrons. The van der Waals surface area contributed by atoms with Gasteiger partial charge in [0, 0.05) is 12.1 Å². The number of halogens is 1. The summed E-state index contributed by atoms with van der Waals surface area (Å²) < 4.78 is 35.2. The van der Waals surface area contributed by atoms with Gasteiger partial charge < -0.3 is 24.3 Å². The number of benzene rings is 1. The van der Waals surface area contributed by atoms with Crippen LogP contribution < -0.4 is 10.1 Å². The molecule has 1 aromatic carbocycles. The zero-order valence-electron chi connectivity index (χ0n) is 21.3. The molecule has 1 N–H and O–H groups in total. The van der Waals surface area contributed by atoms with Crippen LogP contribution in [0.1, 0.15) is 71.8 Å². The molecule has 0 aromatic heterocycles. The number of alkyl carbamates (subject to hydrolysis) is 1. The van der Waals surface area contributed by atoms with Crippen LogP contribution in [0.5, 0.6) is 5.75 Å². The normalized spacial score (nSPS) is 24.1. The number of amides is 1. The second-order valence-electron chi connectivity index (χ2n) is 10.5. The number of ether oxygens (including phenoxy) is 4. The molecule has 8 heteroatoms. The topological polar surface area (TPSA) is 83.1 Å². The zero-order chi connectivity index (χ0) is 25.5. The fourth-order valence-electron chi connectivity index (χ4n) is 4.92. The molecule has 0 radical (unpaired) electrons. The van der Waals surface area contributed by atoms with Gasteiger partial charge in [0.25, 0.3) is 0 Å². The van der Waals surface area contributed by atoms with Gasteiger partial charge in [0.15, 0.2) is 0 Å². The number of carbonyl (C=O) groups excluding carboxylic acids is 2. The van der Waals surface area contributed by atoms with Gasteiger partial charge in [-0.3, -0.25) is 0 Å². The van der Waals surface area contributed by atoms with Crippen LogP contribution in [0.3, 0.4) is 0 Å². The van der Waals surface area contributed by atoms with Crippen molar-refractivity contribution in [3.8, 4) is 5.75 Å². The molecule has 0 unspecified atom stereocenters. The van der Waals surface area contributed by atoms with Gasteiger partial charge in [0.1, 0.15) is 24.6 Å². The van der Waals surface area contributed by atoms with Gasteiger partial charge in [-0.25, -0.2) is 14.0 Å². The van der Waals surface area contributed by atoms with Gasteiger partial charge >= 0.3 is 12.1 Å². The van der Waals surface area contributed by atoms with Crippen LogP contribution >= 0.6 is 0 Å². The Kier molecular flexibility index (Phi) is 8.80. The largest absolute Gasteiger partial charge is 0.489 e. The first kappa shape index (κ1) is 27.0. The van der Waals surface area contributed by atoms with E-state index in [0.717, 1.165) is 38.5 Å². The predicted octanol–water partition coefficient (Wildman–Crippen LogP) is 5.37. The maximum absolute atomic E-state index is 13.3. The highest BCUT2D eigenvalue weighted by Gasteiger charge is 2.50. The lowest BCUT2D eigenvalue weighted by molar-refractivity contribution is -0.165. The van der Waals surface area contributed by atoms with E-state index in [1.54, 1.807) is 27.7 Å². The third-order valence-corrected chi connectivity index (χ3v) is 6.88. The number of carbonyl (C=O) groups is 2.